The van der Waals surface area contributed by atoms with E-state index in [-0.39, 0.29) is 47.3 Å². The summed E-state index contributed by atoms with van der Waals surface area (Å²) in [6, 6.07) is 18.1. The number of rotatable bonds is 12. The van der Waals surface area contributed by atoms with Gasteiger partial charge >= 0.3 is 0 Å². The number of aliphatic hydroxyl groups is 2. The smallest absolute Gasteiger partial charge is 0.240 e. The number of nitrogens with zero attached hydrogens (tertiary/aromatic N) is 3. The van der Waals surface area contributed by atoms with Crippen molar-refractivity contribution in [3.63, 3.8) is 0 Å². The Bertz CT molecular complexity index is 1860. The number of H-pyrrole nitrogens is 1. The van der Waals surface area contributed by atoms with Gasteiger partial charge in [0, 0.05) is 29.0 Å². The van der Waals surface area contributed by atoms with Crippen LogP contribution in [0.25, 0.3) is 34.0 Å². The molecule has 44 heavy (non-hydrogen) atoms. The molecule has 0 unspecified atom stereocenters. The molecule has 0 aliphatic carbocycles. The molecule has 2 aromatic heterocycles. The molecule has 3 aromatic carbocycles. The highest BCUT2D eigenvalue weighted by atomic mass is 35.5. The largest absolute Gasteiger partial charge is 0.491 e. The Hall–Kier alpha value is -3.75. The zero-order valence-corrected chi connectivity index (χ0v) is 25.8. The number of aliphatic hydroxyl groups excluding tert-OH is 2. The number of aromatic nitrogens is 4. The predicted molar refractivity (Wildman–Crippen MR) is 170 cm³/mol. The van der Waals surface area contributed by atoms with Crippen LogP contribution in [0.5, 0.6) is 5.75 Å². The third-order valence-corrected chi connectivity index (χ3v) is 8.46. The molecule has 0 spiro atoms. The van der Waals surface area contributed by atoms with Crippen molar-refractivity contribution >= 4 is 56.5 Å². The van der Waals surface area contributed by atoms with E-state index in [2.05, 4.69) is 25.0 Å². The van der Waals surface area contributed by atoms with Crippen LogP contribution >= 0.6 is 34.8 Å². The second kappa shape index (κ2) is 13.9. The van der Waals surface area contributed by atoms with Crippen LogP contribution in [0.2, 0.25) is 15.1 Å². The fourth-order valence-electron chi connectivity index (χ4n) is 4.21. The van der Waals surface area contributed by atoms with E-state index in [1.165, 1.54) is 12.1 Å². The van der Waals surface area contributed by atoms with Crippen LogP contribution in [0.3, 0.4) is 0 Å². The number of ether oxygens (including phenoxy) is 1. The van der Waals surface area contributed by atoms with Crippen LogP contribution in [0.4, 0.5) is 11.6 Å². The number of imidazole rings is 1. The van der Waals surface area contributed by atoms with Gasteiger partial charge < -0.3 is 25.3 Å². The standard InChI is InChI=1S/C29H25Cl3N6O5S/c30-18-3-1-2-17(14-18)26-27(38-28(37-26)25-22(31)15-20(16-23(25)32)43-13-12-40)24-8-9-33-29(36-24)35-19-4-6-21(7-5-19)44(41,42)34-10-11-39/h1-9,14-16,34,39-40H,10-13H2,(H,37,38)(H,33,35,36). The van der Waals surface area contributed by atoms with E-state index < -0.39 is 10.0 Å². The Labute approximate surface area is 267 Å². The van der Waals surface area contributed by atoms with Gasteiger partial charge in [-0.3, -0.25) is 0 Å². The first-order chi connectivity index (χ1) is 21.2. The molecule has 0 saturated carbocycles. The minimum atomic E-state index is -3.75. The summed E-state index contributed by atoms with van der Waals surface area (Å²) < 4.78 is 32.4. The third kappa shape index (κ3) is 7.30. The Kier molecular flexibility index (Phi) is 10.0. The number of halogens is 3. The van der Waals surface area contributed by atoms with Crippen LogP contribution in [0.1, 0.15) is 0 Å². The van der Waals surface area contributed by atoms with E-state index in [1.54, 1.807) is 54.7 Å². The van der Waals surface area contributed by atoms with Crippen molar-refractivity contribution in [1.29, 1.82) is 0 Å². The molecule has 5 N–H and O–H groups in total. The van der Waals surface area contributed by atoms with E-state index in [0.717, 1.165) is 0 Å². The molecule has 0 aliphatic rings. The highest BCUT2D eigenvalue weighted by Crippen LogP contribution is 2.40. The number of sulfonamides is 1. The zero-order chi connectivity index (χ0) is 31.3. The van der Waals surface area contributed by atoms with Crippen LogP contribution in [0.15, 0.2) is 77.8 Å². The monoisotopic (exact) mass is 674 g/mol. The summed E-state index contributed by atoms with van der Waals surface area (Å²) >= 11 is 19.5. The lowest BCUT2D eigenvalue weighted by Crippen LogP contribution is -2.26. The second-order valence-corrected chi connectivity index (χ2v) is 12.2. The molecule has 11 nitrogen and oxygen atoms in total. The highest BCUT2D eigenvalue weighted by Gasteiger charge is 2.21. The first-order valence-corrected chi connectivity index (χ1v) is 15.7. The molecule has 0 aliphatic heterocycles. The van der Waals surface area contributed by atoms with Gasteiger partial charge in [-0.2, -0.15) is 0 Å². The van der Waals surface area contributed by atoms with Gasteiger partial charge in [0.05, 0.1) is 50.8 Å². The van der Waals surface area contributed by atoms with Gasteiger partial charge in [-0.05, 0) is 54.6 Å². The highest BCUT2D eigenvalue weighted by molar-refractivity contribution is 7.89. The van der Waals surface area contributed by atoms with Crippen molar-refractivity contribution < 1.29 is 23.4 Å². The molecule has 2 heterocycles. The molecule has 0 bridgehead atoms. The normalized spacial score (nSPS) is 11.5. The maximum Gasteiger partial charge on any atom is 0.240 e. The van der Waals surface area contributed by atoms with Crippen molar-refractivity contribution in [3.05, 3.63) is 88.0 Å². The van der Waals surface area contributed by atoms with Gasteiger partial charge in [0.15, 0.2) is 0 Å². The van der Waals surface area contributed by atoms with Crippen molar-refractivity contribution in [2.45, 2.75) is 4.90 Å². The van der Waals surface area contributed by atoms with Gasteiger partial charge in [-0.15, -0.1) is 0 Å². The number of hydrogen-bond acceptors (Lipinski definition) is 9. The van der Waals surface area contributed by atoms with Gasteiger partial charge in [-0.25, -0.2) is 28.1 Å². The number of nitrogens with one attached hydrogen (secondary N) is 3. The summed E-state index contributed by atoms with van der Waals surface area (Å²) in [6.07, 6.45) is 1.57. The Balaban J connectivity index is 1.51. The topological polar surface area (TPSA) is 162 Å². The minimum absolute atomic E-state index is 0.0487. The quantitative estimate of drug-likeness (QED) is 0.114. The summed E-state index contributed by atoms with van der Waals surface area (Å²) in [5, 5.41) is 22.1. The van der Waals surface area contributed by atoms with Crippen molar-refractivity contribution in [2.75, 3.05) is 31.7 Å². The fraction of sp³-hybridized carbons (Fsp3) is 0.138. The summed E-state index contributed by atoms with van der Waals surface area (Å²) in [7, 11) is -3.75. The number of benzene rings is 3. The number of anilines is 2. The first kappa shape index (κ1) is 31.7. The lowest BCUT2D eigenvalue weighted by Gasteiger charge is -2.09. The molecule has 0 amide bonds. The summed E-state index contributed by atoms with van der Waals surface area (Å²) in [5.74, 6) is 1.02. The van der Waals surface area contributed by atoms with E-state index in [9.17, 15) is 8.42 Å². The first-order valence-electron chi connectivity index (χ1n) is 13.1. The average molecular weight is 676 g/mol. The maximum atomic E-state index is 12.3. The molecule has 0 fully saturated rings. The van der Waals surface area contributed by atoms with Crippen molar-refractivity contribution in [3.8, 4) is 39.8 Å². The van der Waals surface area contributed by atoms with Crippen LogP contribution in [-0.2, 0) is 10.0 Å². The van der Waals surface area contributed by atoms with Gasteiger partial charge in [0.2, 0.25) is 16.0 Å². The van der Waals surface area contributed by atoms with Gasteiger partial charge in [0.25, 0.3) is 0 Å². The van der Waals surface area contributed by atoms with Crippen molar-refractivity contribution in [2.24, 2.45) is 0 Å². The van der Waals surface area contributed by atoms with Crippen LogP contribution < -0.4 is 14.8 Å². The number of aromatic amines is 1. The molecular formula is C29H25Cl3N6O5S. The molecule has 0 saturated heterocycles. The van der Waals surface area contributed by atoms with E-state index >= 15 is 0 Å². The average Bonchev–Trinajstić information content (AvgIpc) is 3.44. The van der Waals surface area contributed by atoms with E-state index in [4.69, 9.17) is 54.7 Å². The van der Waals surface area contributed by atoms with Gasteiger partial charge in [0.1, 0.15) is 18.2 Å². The summed E-state index contributed by atoms with van der Waals surface area (Å²) in [6.45, 7) is -0.466. The molecule has 5 aromatic rings. The molecule has 5 rings (SSSR count). The molecule has 15 heteroatoms. The molecular weight excluding hydrogens is 651 g/mol. The second-order valence-electron chi connectivity index (χ2n) is 9.19. The predicted octanol–water partition coefficient (Wildman–Crippen LogP) is 5.55. The summed E-state index contributed by atoms with van der Waals surface area (Å²) in [5.41, 5.74) is 3.26. The van der Waals surface area contributed by atoms with E-state index in [0.29, 0.717) is 50.5 Å². The molecule has 0 radical (unpaired) electrons. The van der Waals surface area contributed by atoms with Crippen LogP contribution in [0, 0.1) is 0 Å². The third-order valence-electron chi connectivity index (χ3n) is 6.15. The minimum Gasteiger partial charge on any atom is -0.491 e. The van der Waals surface area contributed by atoms with Gasteiger partial charge in [-0.1, -0.05) is 46.9 Å². The Morgan fingerprint density at radius 1 is 0.909 bits per heavy atom. The van der Waals surface area contributed by atoms with Crippen molar-refractivity contribution in [1.82, 2.24) is 24.7 Å². The summed E-state index contributed by atoms with van der Waals surface area (Å²) in [4.78, 5) is 17.1. The lowest BCUT2D eigenvalue weighted by atomic mass is 10.1. The Morgan fingerprint density at radius 2 is 1.66 bits per heavy atom. The van der Waals surface area contributed by atoms with E-state index in [1.807, 2.05) is 6.07 Å². The Morgan fingerprint density at radius 3 is 2.34 bits per heavy atom. The maximum absolute atomic E-state index is 12.3. The number of hydrogen-bond donors (Lipinski definition) is 5. The fourth-order valence-corrected chi connectivity index (χ4v) is 6.07. The lowest BCUT2D eigenvalue weighted by molar-refractivity contribution is 0.201. The molecule has 0 atom stereocenters. The van der Waals surface area contributed by atoms with Crippen LogP contribution in [-0.4, -0.2) is 64.9 Å². The SMILES string of the molecule is O=S(=O)(NCCO)c1ccc(Nc2nccc(-c3[nH]c(-c4c(Cl)cc(OCCO)cc4Cl)nc3-c3cccc(Cl)c3)n2)cc1. The zero-order valence-electron chi connectivity index (χ0n) is 22.8. The molecule has 228 valence electrons.